The zero-order valence-electron chi connectivity index (χ0n) is 18.8. The summed E-state index contributed by atoms with van der Waals surface area (Å²) in [7, 11) is -3.56. The van der Waals surface area contributed by atoms with Gasteiger partial charge in [0.2, 0.25) is 26.0 Å². The van der Waals surface area contributed by atoms with Crippen LogP contribution in [0.3, 0.4) is 0 Å². The largest absolute Gasteiger partial charge is 0.383 e. The van der Waals surface area contributed by atoms with Crippen LogP contribution >= 0.6 is 0 Å². The molecule has 2 aromatic rings. The first-order chi connectivity index (χ1) is 14.9. The number of amides is 1. The highest BCUT2D eigenvalue weighted by atomic mass is 32.2. The van der Waals surface area contributed by atoms with Crippen LogP contribution in [-0.4, -0.2) is 72.3 Å². The molecule has 2 aromatic carbocycles. The van der Waals surface area contributed by atoms with Crippen molar-refractivity contribution < 1.29 is 26.4 Å². The van der Waals surface area contributed by atoms with Crippen LogP contribution in [0, 0.1) is 13.8 Å². The lowest BCUT2D eigenvalue weighted by Crippen LogP contribution is -2.40. The molecule has 1 amide bonds. The number of methoxy groups -OCH3 is 1. The SMILES string of the molecule is COCCN(CC(=O)Nc1cc(C)cc(C)c1)S(=O)(=O)c1ccc(S(=O)(=O)N(C)C)cc1. The number of nitrogens with zero attached hydrogens (tertiary/aromatic N) is 2. The lowest BCUT2D eigenvalue weighted by atomic mass is 10.1. The second kappa shape index (κ2) is 10.5. The summed E-state index contributed by atoms with van der Waals surface area (Å²) < 4.78 is 57.8. The quantitative estimate of drug-likeness (QED) is 0.552. The molecule has 0 aliphatic heterocycles. The van der Waals surface area contributed by atoms with Crippen LogP contribution < -0.4 is 5.32 Å². The van der Waals surface area contributed by atoms with Crippen LogP contribution in [0.2, 0.25) is 0 Å². The zero-order valence-corrected chi connectivity index (χ0v) is 20.5. The van der Waals surface area contributed by atoms with Crippen LogP contribution in [0.15, 0.2) is 52.3 Å². The second-order valence-corrected chi connectivity index (χ2v) is 11.6. The van der Waals surface area contributed by atoms with Gasteiger partial charge >= 0.3 is 0 Å². The average molecular weight is 484 g/mol. The van der Waals surface area contributed by atoms with Crippen molar-refractivity contribution in [2.24, 2.45) is 0 Å². The number of ether oxygens (including phenoxy) is 1. The van der Waals surface area contributed by atoms with E-state index >= 15 is 0 Å². The van der Waals surface area contributed by atoms with Gasteiger partial charge < -0.3 is 10.1 Å². The Balaban J connectivity index is 2.27. The Hall–Kier alpha value is -2.31. The number of sulfonamides is 2. The molecule has 0 heterocycles. The number of aryl methyl sites for hydroxylation is 2. The molecule has 0 radical (unpaired) electrons. The fraction of sp³-hybridized carbons (Fsp3) is 0.381. The monoisotopic (exact) mass is 483 g/mol. The van der Waals surface area contributed by atoms with Gasteiger partial charge in [0.05, 0.1) is 22.9 Å². The van der Waals surface area contributed by atoms with Crippen molar-refractivity contribution in [1.29, 1.82) is 0 Å². The summed E-state index contributed by atoms with van der Waals surface area (Å²) in [5.41, 5.74) is 2.52. The third-order valence-corrected chi connectivity index (χ3v) is 8.30. The lowest BCUT2D eigenvalue weighted by Gasteiger charge is -2.22. The minimum Gasteiger partial charge on any atom is -0.383 e. The molecule has 9 nitrogen and oxygen atoms in total. The minimum atomic E-state index is -4.08. The summed E-state index contributed by atoms with van der Waals surface area (Å²) >= 11 is 0. The predicted octanol–water partition coefficient (Wildman–Crippen LogP) is 1.83. The Morgan fingerprint density at radius 1 is 0.906 bits per heavy atom. The minimum absolute atomic E-state index is 0.0301. The zero-order chi connectivity index (χ0) is 24.1. The molecule has 0 atom stereocenters. The van der Waals surface area contributed by atoms with Crippen LogP contribution in [0.5, 0.6) is 0 Å². The van der Waals surface area contributed by atoms with Gasteiger partial charge in [0, 0.05) is 33.4 Å². The van der Waals surface area contributed by atoms with Crippen molar-refractivity contribution in [3.63, 3.8) is 0 Å². The summed E-state index contributed by atoms with van der Waals surface area (Å²) in [4.78, 5) is 12.5. The van der Waals surface area contributed by atoms with Crippen molar-refractivity contribution in [2.45, 2.75) is 23.6 Å². The smallest absolute Gasteiger partial charge is 0.243 e. The molecular formula is C21H29N3O6S2. The predicted molar refractivity (Wildman–Crippen MR) is 122 cm³/mol. The Morgan fingerprint density at radius 3 is 1.88 bits per heavy atom. The number of rotatable bonds is 10. The molecule has 0 aliphatic rings. The molecule has 32 heavy (non-hydrogen) atoms. The molecule has 176 valence electrons. The number of benzene rings is 2. The molecule has 2 rings (SSSR count). The van der Waals surface area contributed by atoms with Crippen LogP contribution in [0.4, 0.5) is 5.69 Å². The number of hydrogen-bond donors (Lipinski definition) is 1. The maximum Gasteiger partial charge on any atom is 0.243 e. The first kappa shape index (κ1) is 25.9. The summed E-state index contributed by atoms with van der Waals surface area (Å²) in [5.74, 6) is -0.499. The van der Waals surface area contributed by atoms with Gasteiger partial charge in [0.1, 0.15) is 0 Å². The highest BCUT2D eigenvalue weighted by Gasteiger charge is 2.27. The van der Waals surface area contributed by atoms with Gasteiger partial charge in [0.25, 0.3) is 0 Å². The Bertz CT molecular complexity index is 1140. The van der Waals surface area contributed by atoms with E-state index in [-0.39, 0.29) is 22.9 Å². The Morgan fingerprint density at radius 2 is 1.41 bits per heavy atom. The first-order valence-electron chi connectivity index (χ1n) is 9.77. The molecule has 0 fully saturated rings. The normalized spacial score (nSPS) is 12.3. The van der Waals surface area contributed by atoms with E-state index < -0.39 is 32.5 Å². The van der Waals surface area contributed by atoms with E-state index in [9.17, 15) is 21.6 Å². The van der Waals surface area contributed by atoms with E-state index in [2.05, 4.69) is 5.32 Å². The van der Waals surface area contributed by atoms with Gasteiger partial charge in [-0.25, -0.2) is 21.1 Å². The van der Waals surface area contributed by atoms with Gasteiger partial charge in [-0.1, -0.05) is 6.07 Å². The standard InChI is InChI=1S/C21H29N3O6S2/c1-16-12-17(2)14-18(13-16)22-21(25)15-24(10-11-30-5)32(28,29)20-8-6-19(7-9-20)31(26,27)23(3)4/h6-9,12-14H,10-11,15H2,1-5H3,(H,22,25). The van der Waals surface area contributed by atoms with E-state index in [1.54, 1.807) is 12.1 Å². The summed E-state index contributed by atoms with van der Waals surface area (Å²) in [6.45, 7) is 3.42. The maximum atomic E-state index is 13.2. The summed E-state index contributed by atoms with van der Waals surface area (Å²) in [6, 6.07) is 10.4. The van der Waals surface area contributed by atoms with Gasteiger partial charge in [-0.05, 0) is 61.4 Å². The van der Waals surface area contributed by atoms with Crippen molar-refractivity contribution in [1.82, 2.24) is 8.61 Å². The first-order valence-corrected chi connectivity index (χ1v) is 12.7. The number of carbonyl (C=O) groups excluding carboxylic acids is 1. The molecule has 0 unspecified atom stereocenters. The van der Waals surface area contributed by atoms with Crippen molar-refractivity contribution in [2.75, 3.05) is 46.2 Å². The third-order valence-electron chi connectivity index (χ3n) is 4.61. The van der Waals surface area contributed by atoms with Gasteiger partial charge in [-0.15, -0.1) is 0 Å². The molecule has 1 N–H and O–H groups in total. The van der Waals surface area contributed by atoms with Crippen LogP contribution in [-0.2, 0) is 29.6 Å². The topological polar surface area (TPSA) is 113 Å². The molecule has 0 aliphatic carbocycles. The molecule has 0 saturated heterocycles. The van der Waals surface area contributed by atoms with Gasteiger partial charge in [-0.3, -0.25) is 4.79 Å². The van der Waals surface area contributed by atoms with Crippen molar-refractivity contribution >= 4 is 31.6 Å². The maximum absolute atomic E-state index is 13.2. The number of carbonyl (C=O) groups is 1. The van der Waals surface area contributed by atoms with E-state index in [1.807, 2.05) is 19.9 Å². The third kappa shape index (κ3) is 6.36. The van der Waals surface area contributed by atoms with E-state index in [1.165, 1.54) is 45.5 Å². The Labute approximate surface area is 190 Å². The number of hydrogen-bond acceptors (Lipinski definition) is 6. The molecular weight excluding hydrogens is 454 g/mol. The molecule has 11 heteroatoms. The fourth-order valence-electron chi connectivity index (χ4n) is 3.03. The van der Waals surface area contributed by atoms with E-state index in [4.69, 9.17) is 4.74 Å². The number of anilines is 1. The number of nitrogens with one attached hydrogen (secondary N) is 1. The molecule has 0 spiro atoms. The highest BCUT2D eigenvalue weighted by Crippen LogP contribution is 2.20. The van der Waals surface area contributed by atoms with Crippen LogP contribution in [0.1, 0.15) is 11.1 Å². The van der Waals surface area contributed by atoms with Crippen molar-refractivity contribution in [3.8, 4) is 0 Å². The summed E-state index contributed by atoms with van der Waals surface area (Å²) in [6.07, 6.45) is 0. The molecule has 0 saturated carbocycles. The van der Waals surface area contributed by atoms with Crippen LogP contribution in [0.25, 0.3) is 0 Å². The molecule has 0 bridgehead atoms. The fourth-order valence-corrected chi connectivity index (χ4v) is 5.31. The summed E-state index contributed by atoms with van der Waals surface area (Å²) in [5, 5.41) is 2.72. The Kier molecular flexibility index (Phi) is 8.54. The van der Waals surface area contributed by atoms with E-state index in [0.717, 1.165) is 19.7 Å². The average Bonchev–Trinajstić information content (AvgIpc) is 2.70. The lowest BCUT2D eigenvalue weighted by molar-refractivity contribution is -0.116. The van der Waals surface area contributed by atoms with Gasteiger partial charge in [-0.2, -0.15) is 4.31 Å². The highest BCUT2D eigenvalue weighted by molar-refractivity contribution is 7.89. The van der Waals surface area contributed by atoms with E-state index in [0.29, 0.717) is 5.69 Å². The second-order valence-electron chi connectivity index (χ2n) is 7.51. The van der Waals surface area contributed by atoms with Gasteiger partial charge in [0.15, 0.2) is 0 Å². The molecule has 0 aromatic heterocycles. The van der Waals surface area contributed by atoms with Crippen molar-refractivity contribution in [3.05, 3.63) is 53.6 Å².